The molecule has 0 radical (unpaired) electrons. The number of likely N-dealkylation sites (tertiary alicyclic amines) is 1. The highest BCUT2D eigenvalue weighted by Crippen LogP contribution is 2.49. The molecule has 1 saturated heterocycles. The highest BCUT2D eigenvalue weighted by molar-refractivity contribution is 5.68. The molecule has 1 heterocycles. The van der Waals surface area contributed by atoms with E-state index in [0.29, 0.717) is 38.3 Å². The molecule has 3 atom stereocenters. The molecule has 1 aliphatic carbocycles. The highest BCUT2D eigenvalue weighted by Gasteiger charge is 2.56. The Kier molecular flexibility index (Phi) is 4.53. The zero-order valence-electron chi connectivity index (χ0n) is 15.6. The fraction of sp³-hybridized carbons (Fsp3) is 0.944. The second-order valence-electron chi connectivity index (χ2n) is 9.69. The molecular formula is C18H34N2O3. The van der Waals surface area contributed by atoms with Crippen LogP contribution >= 0.6 is 0 Å². The van der Waals surface area contributed by atoms with Crippen LogP contribution in [0.2, 0.25) is 0 Å². The number of amides is 1. The van der Waals surface area contributed by atoms with Crippen LogP contribution in [0.4, 0.5) is 4.79 Å². The second kappa shape index (κ2) is 5.62. The van der Waals surface area contributed by atoms with Crippen LogP contribution in [-0.4, -0.2) is 45.9 Å². The summed E-state index contributed by atoms with van der Waals surface area (Å²) in [6.07, 6.45) is 2.77. The first kappa shape index (κ1) is 18.5. The van der Waals surface area contributed by atoms with Crippen LogP contribution < -0.4 is 5.73 Å². The van der Waals surface area contributed by atoms with Gasteiger partial charge in [-0.25, -0.2) is 4.79 Å². The number of hydrogen-bond acceptors (Lipinski definition) is 4. The Morgan fingerprint density at radius 2 is 1.91 bits per heavy atom. The van der Waals surface area contributed by atoms with E-state index in [1.807, 2.05) is 20.8 Å². The lowest BCUT2D eigenvalue weighted by Gasteiger charge is -2.51. The van der Waals surface area contributed by atoms with Crippen molar-refractivity contribution in [1.82, 2.24) is 4.90 Å². The SMILES string of the molecule is CC1CC(C)(C)CC(O)(C2(N)CCN(C(=O)OC(C)(C)C)C2)C1. The number of ether oxygens (including phenoxy) is 1. The van der Waals surface area contributed by atoms with Gasteiger partial charge in [-0.05, 0) is 57.8 Å². The van der Waals surface area contributed by atoms with E-state index < -0.39 is 16.7 Å². The monoisotopic (exact) mass is 326 g/mol. The van der Waals surface area contributed by atoms with Gasteiger partial charge in [-0.1, -0.05) is 20.8 Å². The van der Waals surface area contributed by atoms with Crippen LogP contribution in [0.3, 0.4) is 0 Å². The van der Waals surface area contributed by atoms with E-state index in [9.17, 15) is 9.90 Å². The molecule has 5 heteroatoms. The van der Waals surface area contributed by atoms with Crippen molar-refractivity contribution >= 4 is 6.09 Å². The number of carbonyl (C=O) groups is 1. The average molecular weight is 326 g/mol. The van der Waals surface area contributed by atoms with Gasteiger partial charge < -0.3 is 20.5 Å². The van der Waals surface area contributed by atoms with E-state index >= 15 is 0 Å². The third kappa shape index (κ3) is 4.00. The summed E-state index contributed by atoms with van der Waals surface area (Å²) in [6, 6.07) is 0. The lowest BCUT2D eigenvalue weighted by atomic mass is 9.59. The third-order valence-electron chi connectivity index (χ3n) is 5.24. The maximum atomic E-state index is 12.3. The molecule has 2 aliphatic rings. The largest absolute Gasteiger partial charge is 0.444 e. The Bertz CT molecular complexity index is 471. The fourth-order valence-corrected chi connectivity index (χ4v) is 4.60. The minimum Gasteiger partial charge on any atom is -0.444 e. The number of carbonyl (C=O) groups excluding carboxylic acids is 1. The van der Waals surface area contributed by atoms with E-state index in [4.69, 9.17) is 10.5 Å². The van der Waals surface area contributed by atoms with Gasteiger partial charge in [0.1, 0.15) is 5.60 Å². The molecule has 0 spiro atoms. The Balaban J connectivity index is 2.12. The summed E-state index contributed by atoms with van der Waals surface area (Å²) >= 11 is 0. The standard InChI is InChI=1S/C18H34N2O3/c1-13-9-16(5,6)11-18(22,10-13)17(19)7-8-20(12-17)14(21)23-15(2,3)4/h13,22H,7-12,19H2,1-6H3. The summed E-state index contributed by atoms with van der Waals surface area (Å²) in [5.41, 5.74) is 4.51. The first-order valence-electron chi connectivity index (χ1n) is 8.75. The van der Waals surface area contributed by atoms with Crippen LogP contribution in [0.15, 0.2) is 0 Å². The van der Waals surface area contributed by atoms with Crippen molar-refractivity contribution in [3.05, 3.63) is 0 Å². The third-order valence-corrected chi connectivity index (χ3v) is 5.24. The van der Waals surface area contributed by atoms with Crippen molar-refractivity contribution in [3.8, 4) is 0 Å². The molecule has 1 amide bonds. The predicted molar refractivity (Wildman–Crippen MR) is 91.1 cm³/mol. The molecule has 2 rings (SSSR count). The molecule has 2 fully saturated rings. The van der Waals surface area contributed by atoms with Crippen LogP contribution in [0.25, 0.3) is 0 Å². The van der Waals surface area contributed by atoms with Gasteiger partial charge in [-0.2, -0.15) is 0 Å². The molecule has 1 aliphatic heterocycles. The minimum atomic E-state index is -0.926. The summed E-state index contributed by atoms with van der Waals surface area (Å²) in [5, 5.41) is 11.4. The normalized spacial score (nSPS) is 37.7. The second-order valence-corrected chi connectivity index (χ2v) is 9.69. The maximum Gasteiger partial charge on any atom is 0.410 e. The van der Waals surface area contributed by atoms with E-state index in [1.54, 1.807) is 4.90 Å². The van der Waals surface area contributed by atoms with Crippen molar-refractivity contribution in [1.29, 1.82) is 0 Å². The molecule has 0 aromatic heterocycles. The molecule has 5 nitrogen and oxygen atoms in total. The molecule has 23 heavy (non-hydrogen) atoms. The Hall–Kier alpha value is -0.810. The van der Waals surface area contributed by atoms with Crippen molar-refractivity contribution in [2.75, 3.05) is 13.1 Å². The summed E-state index contributed by atoms with van der Waals surface area (Å²) < 4.78 is 5.45. The van der Waals surface area contributed by atoms with Gasteiger partial charge in [0.15, 0.2) is 0 Å². The topological polar surface area (TPSA) is 75.8 Å². The number of hydrogen-bond donors (Lipinski definition) is 2. The Labute approximate surface area is 140 Å². The Morgan fingerprint density at radius 1 is 1.30 bits per heavy atom. The number of rotatable bonds is 1. The first-order valence-corrected chi connectivity index (χ1v) is 8.75. The summed E-state index contributed by atoms with van der Waals surface area (Å²) in [4.78, 5) is 13.9. The van der Waals surface area contributed by atoms with Crippen LogP contribution in [-0.2, 0) is 4.74 Å². The van der Waals surface area contributed by atoms with Gasteiger partial charge in [-0.3, -0.25) is 0 Å². The van der Waals surface area contributed by atoms with Crippen molar-refractivity contribution in [2.45, 2.75) is 84.0 Å². The van der Waals surface area contributed by atoms with Gasteiger partial charge in [0.05, 0.1) is 11.1 Å². The lowest BCUT2D eigenvalue weighted by molar-refractivity contribution is -0.107. The zero-order chi connectivity index (χ0) is 17.7. The molecule has 0 aromatic rings. The number of nitrogens with two attached hydrogens (primary N) is 1. The first-order chi connectivity index (χ1) is 10.3. The van der Waals surface area contributed by atoms with Gasteiger partial charge in [-0.15, -0.1) is 0 Å². The van der Waals surface area contributed by atoms with Crippen LogP contribution in [0.5, 0.6) is 0 Å². The molecule has 0 aromatic carbocycles. The van der Waals surface area contributed by atoms with E-state index in [2.05, 4.69) is 20.8 Å². The predicted octanol–water partition coefficient (Wildman–Crippen LogP) is 2.90. The van der Waals surface area contributed by atoms with E-state index in [-0.39, 0.29) is 11.5 Å². The van der Waals surface area contributed by atoms with Gasteiger partial charge in [0.25, 0.3) is 0 Å². The maximum absolute atomic E-state index is 12.3. The van der Waals surface area contributed by atoms with Gasteiger partial charge >= 0.3 is 6.09 Å². The minimum absolute atomic E-state index is 0.0676. The van der Waals surface area contributed by atoms with Gasteiger partial charge in [0, 0.05) is 13.1 Å². The van der Waals surface area contributed by atoms with Crippen molar-refractivity contribution in [3.63, 3.8) is 0 Å². The molecule has 0 bridgehead atoms. The summed E-state index contributed by atoms with van der Waals surface area (Å²) in [6.45, 7) is 13.0. The summed E-state index contributed by atoms with van der Waals surface area (Å²) in [5.74, 6) is 0.430. The van der Waals surface area contributed by atoms with Gasteiger partial charge in [0.2, 0.25) is 0 Å². The summed E-state index contributed by atoms with van der Waals surface area (Å²) in [7, 11) is 0. The van der Waals surface area contributed by atoms with E-state index in [0.717, 1.165) is 6.42 Å². The van der Waals surface area contributed by atoms with Crippen LogP contribution in [0, 0.1) is 11.3 Å². The van der Waals surface area contributed by atoms with Crippen molar-refractivity contribution < 1.29 is 14.6 Å². The van der Waals surface area contributed by atoms with Crippen molar-refractivity contribution in [2.24, 2.45) is 17.1 Å². The molecule has 134 valence electrons. The average Bonchev–Trinajstić information content (AvgIpc) is 2.68. The molecular weight excluding hydrogens is 292 g/mol. The lowest BCUT2D eigenvalue weighted by Crippen LogP contribution is -2.65. The molecule has 3 unspecified atom stereocenters. The van der Waals surface area contributed by atoms with E-state index in [1.165, 1.54) is 0 Å². The number of aliphatic hydroxyl groups is 1. The zero-order valence-corrected chi connectivity index (χ0v) is 15.6. The van der Waals surface area contributed by atoms with Crippen LogP contribution in [0.1, 0.15) is 67.2 Å². The smallest absolute Gasteiger partial charge is 0.410 e. The fourth-order valence-electron chi connectivity index (χ4n) is 4.60. The molecule has 1 saturated carbocycles. The molecule has 3 N–H and O–H groups in total. The highest BCUT2D eigenvalue weighted by atomic mass is 16.6. The Morgan fingerprint density at radius 3 is 2.43 bits per heavy atom. The quantitative estimate of drug-likeness (QED) is 0.777. The number of nitrogens with zero attached hydrogens (tertiary/aromatic N) is 1.